The first-order chi connectivity index (χ1) is 11.5. The van der Waals surface area contributed by atoms with Crippen LogP contribution in [0.3, 0.4) is 0 Å². The lowest BCUT2D eigenvalue weighted by molar-refractivity contribution is 0.431. The third-order valence-corrected chi connectivity index (χ3v) is 8.20. The lowest BCUT2D eigenvalue weighted by Crippen LogP contribution is -2.36. The summed E-state index contributed by atoms with van der Waals surface area (Å²) in [5.41, 5.74) is 3.14. The molecule has 1 aromatic carbocycles. The Balaban J connectivity index is 2.11. The molecule has 0 saturated heterocycles. The fraction of sp³-hybridized carbons (Fsp3) is 0.545. The maximum Gasteiger partial charge on any atom is 0.185 e. The smallest absolute Gasteiger partial charge is 0.185 e. The van der Waals surface area contributed by atoms with Crippen LogP contribution in [0.25, 0.3) is 0 Å². The largest absolute Gasteiger partial charge is 0.223 e. The lowest BCUT2D eigenvalue weighted by atomic mass is 9.77. The summed E-state index contributed by atoms with van der Waals surface area (Å²) < 4.78 is 26.8. The van der Waals surface area contributed by atoms with Crippen molar-refractivity contribution >= 4 is 9.84 Å². The molecule has 1 aromatic rings. The molecule has 136 valence electrons. The molecule has 0 N–H and O–H groups in total. The van der Waals surface area contributed by atoms with Crippen molar-refractivity contribution in [2.24, 2.45) is 11.3 Å². The van der Waals surface area contributed by atoms with Crippen molar-refractivity contribution in [1.82, 2.24) is 0 Å². The van der Waals surface area contributed by atoms with Crippen molar-refractivity contribution in [3.8, 4) is 0 Å². The molecule has 0 spiro atoms. The van der Waals surface area contributed by atoms with Crippen molar-refractivity contribution in [3.05, 3.63) is 53.1 Å². The molecular formula is C22H30O2S. The lowest BCUT2D eigenvalue weighted by Gasteiger charge is -2.36. The zero-order chi connectivity index (χ0) is 18.6. The summed E-state index contributed by atoms with van der Waals surface area (Å²) in [6, 6.07) is 6.02. The van der Waals surface area contributed by atoms with Gasteiger partial charge in [0, 0.05) is 5.92 Å². The van der Waals surface area contributed by atoms with Crippen molar-refractivity contribution in [1.29, 1.82) is 0 Å². The molecule has 2 unspecified atom stereocenters. The van der Waals surface area contributed by atoms with Gasteiger partial charge in [-0.05, 0) is 46.4 Å². The molecule has 0 radical (unpaired) electrons. The molecule has 2 atom stereocenters. The van der Waals surface area contributed by atoms with Gasteiger partial charge in [0.1, 0.15) is 0 Å². The molecule has 0 bridgehead atoms. The van der Waals surface area contributed by atoms with Crippen LogP contribution in [0.1, 0.15) is 59.1 Å². The van der Waals surface area contributed by atoms with Crippen LogP contribution in [0, 0.1) is 11.3 Å². The Morgan fingerprint density at radius 1 is 1.12 bits per heavy atom. The van der Waals surface area contributed by atoms with Gasteiger partial charge >= 0.3 is 0 Å². The summed E-state index contributed by atoms with van der Waals surface area (Å²) in [5, 5.41) is -0.430. The SMILES string of the molecule is CCC(C)(C)C1=CC2C(C=C1)Cc1ccc(C(C)(C)C)cc1S2(=O)=O. The zero-order valence-corrected chi connectivity index (χ0v) is 17.1. The van der Waals surface area contributed by atoms with E-state index in [1.807, 2.05) is 18.2 Å². The Morgan fingerprint density at radius 2 is 1.80 bits per heavy atom. The van der Waals surface area contributed by atoms with E-state index < -0.39 is 15.1 Å². The van der Waals surface area contributed by atoms with Crippen LogP contribution in [0.5, 0.6) is 0 Å². The van der Waals surface area contributed by atoms with Crippen LogP contribution in [-0.2, 0) is 21.7 Å². The van der Waals surface area contributed by atoms with Gasteiger partial charge < -0.3 is 0 Å². The molecule has 1 aliphatic heterocycles. The topological polar surface area (TPSA) is 34.1 Å². The highest BCUT2D eigenvalue weighted by molar-refractivity contribution is 7.92. The molecule has 0 saturated carbocycles. The summed E-state index contributed by atoms with van der Waals surface area (Å²) in [6.07, 6.45) is 8.09. The van der Waals surface area contributed by atoms with E-state index in [0.29, 0.717) is 4.90 Å². The fourth-order valence-electron chi connectivity index (χ4n) is 3.71. The minimum absolute atomic E-state index is 0.00449. The molecule has 1 heterocycles. The number of hydrogen-bond donors (Lipinski definition) is 0. The number of sulfone groups is 1. The van der Waals surface area contributed by atoms with Gasteiger partial charge in [-0.15, -0.1) is 0 Å². The maximum atomic E-state index is 13.4. The van der Waals surface area contributed by atoms with Gasteiger partial charge in [-0.3, -0.25) is 0 Å². The predicted molar refractivity (Wildman–Crippen MR) is 105 cm³/mol. The van der Waals surface area contributed by atoms with E-state index in [1.165, 1.54) is 0 Å². The van der Waals surface area contributed by atoms with Gasteiger partial charge in [-0.25, -0.2) is 8.42 Å². The van der Waals surface area contributed by atoms with E-state index in [9.17, 15) is 8.42 Å². The molecule has 0 fully saturated rings. The summed E-state index contributed by atoms with van der Waals surface area (Å²) in [4.78, 5) is 0.543. The van der Waals surface area contributed by atoms with Gasteiger partial charge in [-0.2, -0.15) is 0 Å². The Kier molecular flexibility index (Phi) is 4.31. The molecule has 3 heteroatoms. The summed E-state index contributed by atoms with van der Waals surface area (Å²) in [7, 11) is -3.35. The van der Waals surface area contributed by atoms with Crippen LogP contribution in [0.2, 0.25) is 0 Å². The van der Waals surface area contributed by atoms with Crippen LogP contribution in [-0.4, -0.2) is 13.7 Å². The summed E-state index contributed by atoms with van der Waals surface area (Å²) in [5.74, 6) is 0.0504. The van der Waals surface area contributed by atoms with Crippen molar-refractivity contribution in [2.45, 2.75) is 69.9 Å². The monoisotopic (exact) mass is 358 g/mol. The number of allylic oxidation sites excluding steroid dienone is 3. The minimum atomic E-state index is -3.35. The van der Waals surface area contributed by atoms with E-state index in [4.69, 9.17) is 0 Å². The van der Waals surface area contributed by atoms with Gasteiger partial charge in [0.05, 0.1) is 10.1 Å². The number of rotatable bonds is 2. The molecule has 25 heavy (non-hydrogen) atoms. The Labute approximate surface area is 153 Å². The van der Waals surface area contributed by atoms with Crippen LogP contribution < -0.4 is 0 Å². The first kappa shape index (κ1) is 18.4. The highest BCUT2D eigenvalue weighted by Gasteiger charge is 2.41. The number of benzene rings is 1. The third-order valence-electron chi connectivity index (χ3n) is 6.01. The minimum Gasteiger partial charge on any atom is -0.223 e. The second-order valence-corrected chi connectivity index (χ2v) is 11.2. The third kappa shape index (κ3) is 3.12. The van der Waals surface area contributed by atoms with Crippen LogP contribution in [0.4, 0.5) is 0 Å². The standard InChI is InChI=1S/C22H30O2S/c1-7-22(5,6)18-11-9-16-12-15-8-10-17(21(2,3)4)13-19(15)25(23,24)20(16)14-18/h8-11,13-14,16,20H,7,12H2,1-6H3. The number of hydrogen-bond acceptors (Lipinski definition) is 2. The second kappa shape index (κ2) is 5.84. The van der Waals surface area contributed by atoms with E-state index in [2.05, 4.69) is 59.8 Å². The molecule has 1 aliphatic carbocycles. The van der Waals surface area contributed by atoms with Gasteiger partial charge in [-0.1, -0.05) is 71.9 Å². The van der Waals surface area contributed by atoms with Crippen LogP contribution in [0.15, 0.2) is 46.9 Å². The molecule has 2 nitrogen and oxygen atoms in total. The Hall–Kier alpha value is -1.35. The molecular weight excluding hydrogens is 328 g/mol. The highest BCUT2D eigenvalue weighted by atomic mass is 32.2. The second-order valence-electron chi connectivity index (χ2n) is 9.17. The van der Waals surface area contributed by atoms with Gasteiger partial charge in [0.15, 0.2) is 9.84 Å². The van der Waals surface area contributed by atoms with Gasteiger partial charge in [0.25, 0.3) is 0 Å². The molecule has 0 aromatic heterocycles. The maximum absolute atomic E-state index is 13.4. The van der Waals surface area contributed by atoms with E-state index in [-0.39, 0.29) is 16.7 Å². The van der Waals surface area contributed by atoms with E-state index >= 15 is 0 Å². The predicted octanol–water partition coefficient (Wildman–Crippen LogP) is 5.23. The molecule has 2 aliphatic rings. The summed E-state index contributed by atoms with van der Waals surface area (Å²) >= 11 is 0. The first-order valence-corrected chi connectivity index (χ1v) is 10.8. The Morgan fingerprint density at radius 3 is 2.40 bits per heavy atom. The fourth-order valence-corrected chi connectivity index (χ4v) is 5.78. The first-order valence-electron chi connectivity index (χ1n) is 9.24. The number of fused-ring (bicyclic) bond motifs is 2. The van der Waals surface area contributed by atoms with Crippen molar-refractivity contribution in [2.75, 3.05) is 0 Å². The van der Waals surface area contributed by atoms with E-state index in [1.54, 1.807) is 0 Å². The molecule has 0 amide bonds. The van der Waals surface area contributed by atoms with Crippen molar-refractivity contribution < 1.29 is 8.42 Å². The zero-order valence-electron chi connectivity index (χ0n) is 16.3. The Bertz CT molecular complexity index is 849. The van der Waals surface area contributed by atoms with Crippen molar-refractivity contribution in [3.63, 3.8) is 0 Å². The van der Waals surface area contributed by atoms with Crippen LogP contribution >= 0.6 is 0 Å². The van der Waals surface area contributed by atoms with Gasteiger partial charge in [0.2, 0.25) is 0 Å². The quantitative estimate of drug-likeness (QED) is 0.725. The normalized spacial score (nSPS) is 25.1. The average molecular weight is 359 g/mol. The average Bonchev–Trinajstić information content (AvgIpc) is 2.53. The molecule has 3 rings (SSSR count). The van der Waals surface area contributed by atoms with E-state index in [0.717, 1.165) is 29.5 Å². The highest BCUT2D eigenvalue weighted by Crippen LogP contribution is 2.42. The summed E-state index contributed by atoms with van der Waals surface area (Å²) in [6.45, 7) is 12.9.